The highest BCUT2D eigenvalue weighted by molar-refractivity contribution is 7.98. The molecule has 1 amide bonds. The van der Waals surface area contributed by atoms with Crippen molar-refractivity contribution >= 4 is 40.8 Å². The van der Waals surface area contributed by atoms with Crippen LogP contribution in [0.25, 0.3) is 0 Å². The average molecular weight is 416 g/mol. The van der Waals surface area contributed by atoms with Crippen molar-refractivity contribution in [1.82, 2.24) is 9.97 Å². The van der Waals surface area contributed by atoms with Gasteiger partial charge in [0, 0.05) is 0 Å². The topological polar surface area (TPSA) is 128 Å². The Bertz CT molecular complexity index is 878. The number of ether oxygens (including phenoxy) is 1. The standard InChI is InChI=1S/C16H19F3N6O2S/c1-7(22-12-11(20)14(28-3)25-15(21)24-12)13(26)23-9-6-8(16(17,18)19)4-5-10(9)27-2/h4-7H,20H2,1-3H3,(H,23,26)(H3,21,22,24,25)/t7-/m0/s1. The molecule has 0 aliphatic heterocycles. The quantitative estimate of drug-likeness (QED) is 0.418. The predicted molar refractivity (Wildman–Crippen MR) is 102 cm³/mol. The van der Waals surface area contributed by atoms with Crippen molar-refractivity contribution in [3.63, 3.8) is 0 Å². The zero-order chi connectivity index (χ0) is 21.1. The molecule has 0 aliphatic rings. The zero-order valence-electron chi connectivity index (χ0n) is 15.2. The zero-order valence-corrected chi connectivity index (χ0v) is 16.0. The number of nitrogen functional groups attached to an aromatic ring is 2. The highest BCUT2D eigenvalue weighted by Gasteiger charge is 2.31. The number of thioether (sulfide) groups is 1. The molecule has 0 radical (unpaired) electrons. The molecule has 1 aromatic carbocycles. The lowest BCUT2D eigenvalue weighted by atomic mass is 10.1. The molecule has 0 aliphatic carbocycles. The number of hydrogen-bond acceptors (Lipinski definition) is 8. The summed E-state index contributed by atoms with van der Waals surface area (Å²) >= 11 is 1.25. The van der Waals surface area contributed by atoms with Crippen LogP contribution in [0.2, 0.25) is 0 Å². The summed E-state index contributed by atoms with van der Waals surface area (Å²) in [6.45, 7) is 1.49. The van der Waals surface area contributed by atoms with Gasteiger partial charge in [-0.05, 0) is 31.4 Å². The average Bonchev–Trinajstić information content (AvgIpc) is 2.63. The molecule has 28 heavy (non-hydrogen) atoms. The van der Waals surface area contributed by atoms with Crippen molar-refractivity contribution in [2.24, 2.45) is 0 Å². The van der Waals surface area contributed by atoms with Gasteiger partial charge in [-0.1, -0.05) is 0 Å². The Balaban J connectivity index is 2.22. The molecule has 0 spiro atoms. The Kier molecular flexibility index (Phi) is 6.44. The Morgan fingerprint density at radius 1 is 1.29 bits per heavy atom. The monoisotopic (exact) mass is 416 g/mol. The van der Waals surface area contributed by atoms with Crippen molar-refractivity contribution in [1.29, 1.82) is 0 Å². The van der Waals surface area contributed by atoms with E-state index in [4.69, 9.17) is 16.2 Å². The molecule has 6 N–H and O–H groups in total. The summed E-state index contributed by atoms with van der Waals surface area (Å²) in [5, 5.41) is 5.63. The first-order valence-electron chi connectivity index (χ1n) is 7.86. The number of nitrogens with zero attached hydrogens (tertiary/aromatic N) is 2. The van der Waals surface area contributed by atoms with Crippen molar-refractivity contribution in [2.45, 2.75) is 24.2 Å². The van der Waals surface area contributed by atoms with Crippen molar-refractivity contribution in [3.8, 4) is 5.75 Å². The molecule has 152 valence electrons. The Labute approximate surface area is 163 Å². The number of hydrogen-bond donors (Lipinski definition) is 4. The molecule has 2 rings (SSSR count). The summed E-state index contributed by atoms with van der Waals surface area (Å²) in [7, 11) is 1.29. The second-order valence-corrected chi connectivity index (χ2v) is 6.42. The van der Waals surface area contributed by atoms with E-state index in [1.807, 2.05) is 0 Å². The van der Waals surface area contributed by atoms with Crippen LogP contribution in [-0.4, -0.2) is 35.3 Å². The van der Waals surface area contributed by atoms with Crippen LogP contribution in [0.5, 0.6) is 5.75 Å². The summed E-state index contributed by atoms with van der Waals surface area (Å²) in [6, 6.07) is 1.90. The molecule has 1 atom stereocenters. The molecule has 0 fully saturated rings. The van der Waals surface area contributed by atoms with Gasteiger partial charge in [0.15, 0.2) is 5.82 Å². The van der Waals surface area contributed by atoms with Crippen LogP contribution in [0.15, 0.2) is 23.2 Å². The first-order valence-corrected chi connectivity index (χ1v) is 9.09. The summed E-state index contributed by atoms with van der Waals surface area (Å²) in [5.74, 6) is -0.423. The third kappa shape index (κ3) is 4.88. The van der Waals surface area contributed by atoms with Gasteiger partial charge in [0.05, 0.1) is 18.4 Å². The molecular formula is C16H19F3N6O2S. The largest absolute Gasteiger partial charge is 0.495 e. The van der Waals surface area contributed by atoms with E-state index in [2.05, 4.69) is 20.6 Å². The van der Waals surface area contributed by atoms with E-state index in [-0.39, 0.29) is 28.9 Å². The molecule has 12 heteroatoms. The van der Waals surface area contributed by atoms with Crippen molar-refractivity contribution in [3.05, 3.63) is 23.8 Å². The molecule has 0 unspecified atom stereocenters. The van der Waals surface area contributed by atoms with E-state index in [0.717, 1.165) is 18.2 Å². The lowest BCUT2D eigenvalue weighted by Crippen LogP contribution is -2.33. The molecule has 2 aromatic rings. The maximum absolute atomic E-state index is 12.9. The van der Waals surface area contributed by atoms with Crippen molar-refractivity contribution in [2.75, 3.05) is 35.5 Å². The highest BCUT2D eigenvalue weighted by atomic mass is 32.2. The third-order valence-electron chi connectivity index (χ3n) is 3.65. The van der Waals surface area contributed by atoms with Gasteiger partial charge in [0.25, 0.3) is 0 Å². The number of carbonyl (C=O) groups excluding carboxylic acids is 1. The molecule has 1 heterocycles. The van der Waals surface area contributed by atoms with Crippen LogP contribution >= 0.6 is 11.8 Å². The number of nitrogens with one attached hydrogen (secondary N) is 2. The summed E-state index contributed by atoms with van der Waals surface area (Å²) < 4.78 is 43.8. The van der Waals surface area contributed by atoms with Crippen LogP contribution in [0.1, 0.15) is 12.5 Å². The number of benzene rings is 1. The minimum absolute atomic E-state index is 0.0341. The number of rotatable bonds is 6. The van der Waals surface area contributed by atoms with Crippen LogP contribution in [-0.2, 0) is 11.0 Å². The van der Waals surface area contributed by atoms with Gasteiger partial charge >= 0.3 is 6.18 Å². The Hall–Kier alpha value is -2.89. The number of halogens is 3. The van der Waals surface area contributed by atoms with Crippen LogP contribution in [0, 0.1) is 0 Å². The van der Waals surface area contributed by atoms with Gasteiger partial charge in [-0.15, -0.1) is 11.8 Å². The number of amides is 1. The lowest BCUT2D eigenvalue weighted by molar-refractivity contribution is -0.137. The Morgan fingerprint density at radius 3 is 2.54 bits per heavy atom. The van der Waals surface area contributed by atoms with Gasteiger partial charge in [-0.25, -0.2) is 4.98 Å². The minimum atomic E-state index is -4.56. The number of methoxy groups -OCH3 is 1. The first kappa shape index (κ1) is 21.4. The fraction of sp³-hybridized carbons (Fsp3) is 0.312. The first-order chi connectivity index (χ1) is 13.1. The van der Waals surface area contributed by atoms with E-state index in [1.54, 1.807) is 6.26 Å². The fourth-order valence-electron chi connectivity index (χ4n) is 2.22. The Morgan fingerprint density at radius 2 is 1.96 bits per heavy atom. The van der Waals surface area contributed by atoms with E-state index in [1.165, 1.54) is 25.8 Å². The van der Waals surface area contributed by atoms with Gasteiger partial charge in [0.1, 0.15) is 22.5 Å². The van der Waals surface area contributed by atoms with Gasteiger partial charge in [-0.3, -0.25) is 4.79 Å². The summed E-state index contributed by atoms with van der Waals surface area (Å²) in [6.07, 6.45) is -2.81. The van der Waals surface area contributed by atoms with E-state index < -0.39 is 23.7 Å². The maximum atomic E-state index is 12.9. The normalized spacial score (nSPS) is 12.4. The fourth-order valence-corrected chi connectivity index (χ4v) is 2.73. The molecule has 8 nitrogen and oxygen atoms in total. The number of anilines is 4. The molecule has 1 aromatic heterocycles. The number of carbonyl (C=O) groups is 1. The second kappa shape index (κ2) is 8.42. The molecule has 0 saturated heterocycles. The number of nitrogens with two attached hydrogens (primary N) is 2. The maximum Gasteiger partial charge on any atom is 0.416 e. The highest BCUT2D eigenvalue weighted by Crippen LogP contribution is 2.35. The summed E-state index contributed by atoms with van der Waals surface area (Å²) in [5.41, 5.74) is 10.7. The van der Waals surface area contributed by atoms with E-state index in [0.29, 0.717) is 5.03 Å². The van der Waals surface area contributed by atoms with E-state index in [9.17, 15) is 18.0 Å². The number of aromatic nitrogens is 2. The van der Waals surface area contributed by atoms with Gasteiger partial charge in [0.2, 0.25) is 11.9 Å². The van der Waals surface area contributed by atoms with Gasteiger partial charge in [-0.2, -0.15) is 18.2 Å². The lowest BCUT2D eigenvalue weighted by Gasteiger charge is -2.18. The number of alkyl halides is 3. The van der Waals surface area contributed by atoms with Crippen molar-refractivity contribution < 1.29 is 22.7 Å². The SMILES string of the molecule is COc1ccc(C(F)(F)F)cc1NC(=O)[C@H](C)Nc1nc(N)nc(SC)c1N. The van der Waals surface area contributed by atoms with Crippen LogP contribution in [0.3, 0.4) is 0 Å². The molecule has 0 bridgehead atoms. The third-order valence-corrected chi connectivity index (χ3v) is 4.35. The molecule has 0 saturated carbocycles. The second-order valence-electron chi connectivity index (χ2n) is 5.62. The minimum Gasteiger partial charge on any atom is -0.495 e. The van der Waals surface area contributed by atoms with Crippen LogP contribution in [0.4, 0.5) is 36.3 Å². The predicted octanol–water partition coefficient (Wildman–Crippen LogP) is 2.83. The van der Waals surface area contributed by atoms with Gasteiger partial charge < -0.3 is 26.8 Å². The smallest absolute Gasteiger partial charge is 0.416 e. The summed E-state index contributed by atoms with van der Waals surface area (Å²) in [4.78, 5) is 20.4. The van der Waals surface area contributed by atoms with Crippen LogP contribution < -0.4 is 26.8 Å². The van der Waals surface area contributed by atoms with E-state index >= 15 is 0 Å². The molecular weight excluding hydrogens is 397 g/mol.